The van der Waals surface area contributed by atoms with Gasteiger partial charge in [-0.25, -0.2) is 9.97 Å². The second-order valence-corrected chi connectivity index (χ2v) is 8.48. The van der Waals surface area contributed by atoms with E-state index in [2.05, 4.69) is 77.8 Å². The predicted octanol–water partition coefficient (Wildman–Crippen LogP) is 8.00. The molecule has 37 heavy (non-hydrogen) atoms. The van der Waals surface area contributed by atoms with Gasteiger partial charge >= 0.3 is 0 Å². The number of rotatable bonds is 5. The maximum absolute atomic E-state index is 4.97. The Balaban J connectivity index is 0.00000280. The van der Waals surface area contributed by atoms with Crippen LogP contribution in [0.2, 0.25) is 0 Å². The number of hydrogen-bond donors (Lipinski definition) is 0. The smallest absolute Gasteiger partial charge is 0.160 e. The minimum Gasteiger partial charge on any atom is -0.305 e. The maximum Gasteiger partial charge on any atom is 0.160 e. The third-order valence-corrected chi connectivity index (χ3v) is 6.06. The van der Waals surface area contributed by atoms with E-state index in [1.807, 2.05) is 60.7 Å². The summed E-state index contributed by atoms with van der Waals surface area (Å²) in [5, 5.41) is 0. The van der Waals surface area contributed by atoms with E-state index in [1.165, 1.54) is 0 Å². The summed E-state index contributed by atoms with van der Waals surface area (Å²) in [5.41, 5.74) is 8.95. The van der Waals surface area contributed by atoms with Crippen LogP contribution >= 0.6 is 0 Å². The third-order valence-electron chi connectivity index (χ3n) is 6.06. The summed E-state index contributed by atoms with van der Waals surface area (Å²) < 4.78 is 0. The molecule has 4 heteroatoms. The summed E-state index contributed by atoms with van der Waals surface area (Å²) in [6.45, 7) is 0. The quantitative estimate of drug-likeness (QED) is 0.177. The number of nitrogens with zero attached hydrogens (tertiary/aromatic N) is 3. The Hall–Kier alpha value is -4.24. The molecule has 4 aromatic carbocycles. The Kier molecular flexibility index (Phi) is 7.41. The standard InChI is InChI=1S/C33H22N3.Ir/c1-3-11-24(12-4-1)31-23-32(25-13-5-2-6-14-25)36-33(35-31)29-18-10-16-27(22-29)26-15-9-17-28(21-26)30-19-7-8-20-34-30;/h1-16,18-23H;/q-1;. The normalized spacial score (nSPS) is 10.5. The van der Waals surface area contributed by atoms with E-state index >= 15 is 0 Å². The number of benzene rings is 4. The fourth-order valence-electron chi connectivity index (χ4n) is 4.24. The van der Waals surface area contributed by atoms with E-state index in [1.54, 1.807) is 6.20 Å². The minimum atomic E-state index is 0. The molecule has 0 aliphatic heterocycles. The van der Waals surface area contributed by atoms with Crippen molar-refractivity contribution in [3.05, 3.63) is 140 Å². The van der Waals surface area contributed by atoms with Crippen molar-refractivity contribution in [2.45, 2.75) is 0 Å². The van der Waals surface area contributed by atoms with E-state index in [0.717, 1.165) is 50.5 Å². The first-order valence-corrected chi connectivity index (χ1v) is 11.9. The Labute approximate surface area is 230 Å². The summed E-state index contributed by atoms with van der Waals surface area (Å²) in [6.07, 6.45) is 1.80. The number of pyridine rings is 1. The van der Waals surface area contributed by atoms with Crippen LogP contribution in [0.1, 0.15) is 0 Å². The second kappa shape index (κ2) is 11.2. The first kappa shape index (κ1) is 24.5. The van der Waals surface area contributed by atoms with Crippen molar-refractivity contribution in [1.82, 2.24) is 15.0 Å². The van der Waals surface area contributed by atoms with Crippen molar-refractivity contribution in [3.8, 4) is 56.3 Å². The molecule has 2 aromatic heterocycles. The molecular formula is C33H22IrN3-. The largest absolute Gasteiger partial charge is 0.305 e. The minimum absolute atomic E-state index is 0. The van der Waals surface area contributed by atoms with Crippen LogP contribution in [0.4, 0.5) is 0 Å². The molecule has 0 saturated heterocycles. The summed E-state index contributed by atoms with van der Waals surface area (Å²) >= 11 is 0. The Morgan fingerprint density at radius 2 is 1.05 bits per heavy atom. The van der Waals surface area contributed by atoms with Gasteiger partial charge in [0.05, 0.1) is 11.4 Å². The second-order valence-electron chi connectivity index (χ2n) is 8.48. The van der Waals surface area contributed by atoms with Gasteiger partial charge in [-0.3, -0.25) is 0 Å². The van der Waals surface area contributed by atoms with Crippen molar-refractivity contribution < 1.29 is 20.1 Å². The van der Waals surface area contributed by atoms with E-state index in [4.69, 9.17) is 9.97 Å². The Bertz CT molecular complexity index is 1560. The molecule has 0 fully saturated rings. The van der Waals surface area contributed by atoms with Crippen LogP contribution in [-0.2, 0) is 20.1 Å². The summed E-state index contributed by atoms with van der Waals surface area (Å²) in [5.74, 6) is 0.699. The van der Waals surface area contributed by atoms with Crippen LogP contribution < -0.4 is 0 Å². The summed E-state index contributed by atoms with van der Waals surface area (Å²) in [4.78, 5) is 14.4. The molecule has 6 rings (SSSR count). The maximum atomic E-state index is 4.97. The van der Waals surface area contributed by atoms with E-state index < -0.39 is 0 Å². The molecule has 1 radical (unpaired) electrons. The molecule has 0 amide bonds. The van der Waals surface area contributed by atoms with Crippen LogP contribution in [0.3, 0.4) is 0 Å². The van der Waals surface area contributed by atoms with Gasteiger partial charge in [-0.15, -0.1) is 35.4 Å². The molecule has 0 atom stereocenters. The van der Waals surface area contributed by atoms with Gasteiger partial charge in [-0.05, 0) is 29.5 Å². The topological polar surface area (TPSA) is 38.7 Å². The molecule has 0 aliphatic rings. The molecule has 0 saturated carbocycles. The molecule has 179 valence electrons. The van der Waals surface area contributed by atoms with Gasteiger partial charge in [0.25, 0.3) is 0 Å². The summed E-state index contributed by atoms with van der Waals surface area (Å²) in [6, 6.07) is 46.3. The van der Waals surface area contributed by atoms with Crippen LogP contribution in [0.15, 0.2) is 134 Å². The molecule has 0 unspecified atom stereocenters. The zero-order valence-electron chi connectivity index (χ0n) is 19.9. The van der Waals surface area contributed by atoms with Gasteiger partial charge in [-0.2, -0.15) is 0 Å². The fourth-order valence-corrected chi connectivity index (χ4v) is 4.24. The fraction of sp³-hybridized carbons (Fsp3) is 0. The zero-order chi connectivity index (χ0) is 24.2. The van der Waals surface area contributed by atoms with Gasteiger partial charge in [0, 0.05) is 43.0 Å². The van der Waals surface area contributed by atoms with Crippen molar-refractivity contribution in [3.63, 3.8) is 0 Å². The van der Waals surface area contributed by atoms with Crippen molar-refractivity contribution >= 4 is 0 Å². The van der Waals surface area contributed by atoms with Gasteiger partial charge in [-0.1, -0.05) is 91.0 Å². The zero-order valence-corrected chi connectivity index (χ0v) is 22.3. The SMILES string of the molecule is [Ir].[c-]1ccc(-c2cccc(-c3nc(-c4ccccc4)cc(-c4ccccc4)n3)c2)cc1-c1ccccn1. The number of hydrogen-bond acceptors (Lipinski definition) is 3. The van der Waals surface area contributed by atoms with Crippen LogP contribution in [0.25, 0.3) is 56.3 Å². The van der Waals surface area contributed by atoms with E-state index in [-0.39, 0.29) is 20.1 Å². The van der Waals surface area contributed by atoms with Gasteiger partial charge < -0.3 is 4.98 Å². The average Bonchev–Trinajstić information content (AvgIpc) is 2.98. The first-order chi connectivity index (χ1) is 17.8. The molecule has 2 heterocycles. The predicted molar refractivity (Wildman–Crippen MR) is 146 cm³/mol. The monoisotopic (exact) mass is 653 g/mol. The molecular weight excluding hydrogens is 631 g/mol. The van der Waals surface area contributed by atoms with Crippen LogP contribution in [0, 0.1) is 6.07 Å². The van der Waals surface area contributed by atoms with Gasteiger partial charge in [0.1, 0.15) is 0 Å². The molecule has 0 bridgehead atoms. The van der Waals surface area contributed by atoms with Crippen LogP contribution in [-0.4, -0.2) is 15.0 Å². The summed E-state index contributed by atoms with van der Waals surface area (Å²) in [7, 11) is 0. The van der Waals surface area contributed by atoms with E-state index in [9.17, 15) is 0 Å². The first-order valence-electron chi connectivity index (χ1n) is 11.9. The van der Waals surface area contributed by atoms with Crippen LogP contribution in [0.5, 0.6) is 0 Å². The van der Waals surface area contributed by atoms with Crippen molar-refractivity contribution in [2.75, 3.05) is 0 Å². The van der Waals surface area contributed by atoms with Crippen molar-refractivity contribution in [2.24, 2.45) is 0 Å². The molecule has 3 nitrogen and oxygen atoms in total. The molecule has 0 aliphatic carbocycles. The molecule has 0 spiro atoms. The average molecular weight is 653 g/mol. The molecule has 0 N–H and O–H groups in total. The van der Waals surface area contributed by atoms with Gasteiger partial charge in [0.15, 0.2) is 5.82 Å². The van der Waals surface area contributed by atoms with Crippen molar-refractivity contribution in [1.29, 1.82) is 0 Å². The Morgan fingerprint density at radius 1 is 0.459 bits per heavy atom. The Morgan fingerprint density at radius 3 is 1.70 bits per heavy atom. The molecule has 6 aromatic rings. The van der Waals surface area contributed by atoms with E-state index in [0.29, 0.717) is 5.82 Å². The number of aromatic nitrogens is 3. The van der Waals surface area contributed by atoms with Gasteiger partial charge in [0.2, 0.25) is 0 Å². The third kappa shape index (κ3) is 5.46.